The predicted molar refractivity (Wildman–Crippen MR) is 102 cm³/mol. The van der Waals surface area contributed by atoms with Crippen LogP contribution in [0.3, 0.4) is 0 Å². The van der Waals surface area contributed by atoms with Crippen molar-refractivity contribution in [2.24, 2.45) is 5.92 Å². The molecule has 0 aliphatic heterocycles. The van der Waals surface area contributed by atoms with Crippen LogP contribution in [0.15, 0.2) is 48.5 Å². The maximum absolute atomic E-state index is 11.6. The molecule has 0 bridgehead atoms. The van der Waals surface area contributed by atoms with Crippen LogP contribution in [0.2, 0.25) is 0 Å². The molecule has 0 saturated heterocycles. The quantitative estimate of drug-likeness (QED) is 0.681. The number of ether oxygens (including phenoxy) is 2. The van der Waals surface area contributed by atoms with E-state index in [-0.39, 0.29) is 0 Å². The van der Waals surface area contributed by atoms with Crippen LogP contribution in [-0.4, -0.2) is 30.8 Å². The minimum absolute atomic E-state index is 0.406. The molecule has 0 heterocycles. The van der Waals surface area contributed by atoms with Gasteiger partial charge < -0.3 is 19.9 Å². The molecule has 2 rings (SSSR count). The minimum atomic E-state index is -0.862. The lowest BCUT2D eigenvalue weighted by Crippen LogP contribution is -2.38. The molecule has 0 aliphatic rings. The molecular weight excluding hydrogens is 330 g/mol. The second kappa shape index (κ2) is 9.82. The summed E-state index contributed by atoms with van der Waals surface area (Å²) in [5.74, 6) is 0.895. The minimum Gasteiger partial charge on any atom is -0.493 e. The highest BCUT2D eigenvalue weighted by molar-refractivity contribution is 5.73. The van der Waals surface area contributed by atoms with Crippen LogP contribution < -0.4 is 14.8 Å². The summed E-state index contributed by atoms with van der Waals surface area (Å²) in [4.78, 5) is 11.6. The summed E-state index contributed by atoms with van der Waals surface area (Å²) in [6, 6.07) is 14.6. The summed E-state index contributed by atoms with van der Waals surface area (Å²) < 4.78 is 11.1. The largest absolute Gasteiger partial charge is 0.493 e. The third-order valence-electron chi connectivity index (χ3n) is 3.93. The zero-order chi connectivity index (χ0) is 18.9. The summed E-state index contributed by atoms with van der Waals surface area (Å²) >= 11 is 0. The number of hydrogen-bond donors (Lipinski definition) is 2. The molecule has 0 amide bonds. The molecule has 0 saturated carbocycles. The molecule has 140 valence electrons. The van der Waals surface area contributed by atoms with Gasteiger partial charge in [0.05, 0.1) is 13.7 Å². The van der Waals surface area contributed by atoms with E-state index in [0.29, 0.717) is 37.0 Å². The Bertz CT molecular complexity index is 700. The van der Waals surface area contributed by atoms with Gasteiger partial charge in [-0.05, 0) is 35.6 Å². The molecular formula is C21H27NO4. The number of carboxylic acid groups (broad SMARTS) is 1. The SMILES string of the molecule is COc1ccc(CN[C@H](Cc2ccccc2)C(=O)O)cc1OCC(C)C. The van der Waals surface area contributed by atoms with Gasteiger partial charge in [-0.1, -0.05) is 50.2 Å². The van der Waals surface area contributed by atoms with E-state index in [1.165, 1.54) is 0 Å². The topological polar surface area (TPSA) is 67.8 Å². The monoisotopic (exact) mass is 357 g/mol. The lowest BCUT2D eigenvalue weighted by atomic mass is 10.1. The van der Waals surface area contributed by atoms with Crippen LogP contribution in [0.4, 0.5) is 0 Å². The first kappa shape index (κ1) is 19.8. The number of hydrogen-bond acceptors (Lipinski definition) is 4. The molecule has 5 nitrogen and oxygen atoms in total. The fourth-order valence-corrected chi connectivity index (χ4v) is 2.54. The molecule has 0 spiro atoms. The number of carboxylic acids is 1. The Hall–Kier alpha value is -2.53. The third-order valence-corrected chi connectivity index (χ3v) is 3.93. The first-order valence-electron chi connectivity index (χ1n) is 8.79. The molecule has 2 N–H and O–H groups in total. The fraction of sp³-hybridized carbons (Fsp3) is 0.381. The first-order valence-corrected chi connectivity index (χ1v) is 8.79. The third kappa shape index (κ3) is 6.08. The Morgan fingerprint density at radius 1 is 1.08 bits per heavy atom. The summed E-state index contributed by atoms with van der Waals surface area (Å²) in [6.07, 6.45) is 0.434. The van der Waals surface area contributed by atoms with Gasteiger partial charge in [-0.3, -0.25) is 4.79 Å². The fourth-order valence-electron chi connectivity index (χ4n) is 2.54. The summed E-state index contributed by atoms with van der Waals surface area (Å²) in [5.41, 5.74) is 1.94. The number of aliphatic carboxylic acids is 1. The molecule has 0 unspecified atom stereocenters. The van der Waals surface area contributed by atoms with E-state index in [1.54, 1.807) is 7.11 Å². The summed E-state index contributed by atoms with van der Waals surface area (Å²) in [6.45, 7) is 5.20. The summed E-state index contributed by atoms with van der Waals surface area (Å²) in [5, 5.41) is 12.6. The van der Waals surface area contributed by atoms with Crippen molar-refractivity contribution in [1.29, 1.82) is 0 Å². The van der Waals surface area contributed by atoms with Crippen molar-refractivity contribution in [1.82, 2.24) is 5.32 Å². The Kier molecular flexibility index (Phi) is 7.48. The van der Waals surface area contributed by atoms with Gasteiger partial charge in [0.25, 0.3) is 0 Å². The van der Waals surface area contributed by atoms with E-state index < -0.39 is 12.0 Å². The maximum Gasteiger partial charge on any atom is 0.321 e. The predicted octanol–water partition coefficient (Wildman–Crippen LogP) is 3.52. The van der Waals surface area contributed by atoms with Gasteiger partial charge >= 0.3 is 5.97 Å². The molecule has 0 aromatic heterocycles. The van der Waals surface area contributed by atoms with Crippen LogP contribution in [-0.2, 0) is 17.8 Å². The zero-order valence-corrected chi connectivity index (χ0v) is 15.6. The van der Waals surface area contributed by atoms with Gasteiger partial charge in [-0.25, -0.2) is 0 Å². The van der Waals surface area contributed by atoms with Crippen molar-refractivity contribution < 1.29 is 19.4 Å². The van der Waals surface area contributed by atoms with Crippen molar-refractivity contribution >= 4 is 5.97 Å². The lowest BCUT2D eigenvalue weighted by Gasteiger charge is -2.17. The Morgan fingerprint density at radius 2 is 1.81 bits per heavy atom. The average molecular weight is 357 g/mol. The first-order chi connectivity index (χ1) is 12.5. The van der Waals surface area contributed by atoms with Gasteiger partial charge in [0, 0.05) is 6.54 Å². The van der Waals surface area contributed by atoms with Gasteiger partial charge in [-0.2, -0.15) is 0 Å². The Balaban J connectivity index is 2.03. The molecule has 2 aromatic carbocycles. The average Bonchev–Trinajstić information content (AvgIpc) is 2.64. The maximum atomic E-state index is 11.6. The molecule has 5 heteroatoms. The van der Waals surface area contributed by atoms with Crippen molar-refractivity contribution in [3.05, 3.63) is 59.7 Å². The van der Waals surface area contributed by atoms with Crippen LogP contribution in [0, 0.1) is 5.92 Å². The normalized spacial score (nSPS) is 12.0. The number of rotatable bonds is 10. The van der Waals surface area contributed by atoms with Gasteiger partial charge in [0.1, 0.15) is 6.04 Å². The molecule has 1 atom stereocenters. The van der Waals surface area contributed by atoms with E-state index in [2.05, 4.69) is 19.2 Å². The Morgan fingerprint density at radius 3 is 2.42 bits per heavy atom. The van der Waals surface area contributed by atoms with E-state index in [1.807, 2.05) is 48.5 Å². The van der Waals surface area contributed by atoms with Crippen molar-refractivity contribution in [3.63, 3.8) is 0 Å². The van der Waals surface area contributed by atoms with Crippen LogP contribution in [0.25, 0.3) is 0 Å². The number of methoxy groups -OCH3 is 1. The lowest BCUT2D eigenvalue weighted by molar-refractivity contribution is -0.139. The molecule has 0 fully saturated rings. The van der Waals surface area contributed by atoms with Gasteiger partial charge in [0.2, 0.25) is 0 Å². The number of carbonyl (C=O) groups is 1. The molecule has 2 aromatic rings. The van der Waals surface area contributed by atoms with Gasteiger partial charge in [-0.15, -0.1) is 0 Å². The van der Waals surface area contributed by atoms with E-state index >= 15 is 0 Å². The van der Waals surface area contributed by atoms with Crippen LogP contribution >= 0.6 is 0 Å². The van der Waals surface area contributed by atoms with Crippen LogP contribution in [0.1, 0.15) is 25.0 Å². The molecule has 0 radical (unpaired) electrons. The highest BCUT2D eigenvalue weighted by atomic mass is 16.5. The van der Waals surface area contributed by atoms with Crippen LogP contribution in [0.5, 0.6) is 11.5 Å². The zero-order valence-electron chi connectivity index (χ0n) is 15.6. The molecule has 0 aliphatic carbocycles. The van der Waals surface area contributed by atoms with Crippen molar-refractivity contribution in [2.75, 3.05) is 13.7 Å². The summed E-state index contributed by atoms with van der Waals surface area (Å²) in [7, 11) is 1.61. The van der Waals surface area contributed by atoms with Crippen molar-refractivity contribution in [2.45, 2.75) is 32.9 Å². The van der Waals surface area contributed by atoms with Gasteiger partial charge in [0.15, 0.2) is 11.5 Å². The standard InChI is InChI=1S/C21H27NO4/c1-15(2)14-26-20-12-17(9-10-19(20)25-3)13-22-18(21(23)24)11-16-7-5-4-6-8-16/h4-10,12,15,18,22H,11,13-14H2,1-3H3,(H,23,24)/t18-/m1/s1. The number of nitrogens with one attached hydrogen (secondary N) is 1. The second-order valence-corrected chi connectivity index (χ2v) is 6.65. The second-order valence-electron chi connectivity index (χ2n) is 6.65. The number of benzene rings is 2. The van der Waals surface area contributed by atoms with Crippen molar-refractivity contribution in [3.8, 4) is 11.5 Å². The highest BCUT2D eigenvalue weighted by Gasteiger charge is 2.17. The highest BCUT2D eigenvalue weighted by Crippen LogP contribution is 2.28. The van der Waals surface area contributed by atoms with E-state index in [9.17, 15) is 9.90 Å². The smallest absolute Gasteiger partial charge is 0.321 e. The Labute approximate surface area is 155 Å². The van der Waals surface area contributed by atoms with E-state index in [4.69, 9.17) is 9.47 Å². The molecule has 26 heavy (non-hydrogen) atoms. The van der Waals surface area contributed by atoms with E-state index in [0.717, 1.165) is 11.1 Å².